The summed E-state index contributed by atoms with van der Waals surface area (Å²) in [4.78, 5) is 4.40. The van der Waals surface area contributed by atoms with Gasteiger partial charge in [0.05, 0.1) is 5.60 Å². The number of hydrogen-bond acceptors (Lipinski definition) is 2. The quantitative estimate of drug-likeness (QED) is 0.658. The molecule has 1 aromatic rings. The van der Waals surface area contributed by atoms with E-state index in [0.717, 1.165) is 42.9 Å². The SMILES string of the molecule is CC[C@]1(O)CC[C@@]2(C)C(CC[C@@H]3[C@@H]2CC[C@]2(C)C(c4cccnc4)=CC[C@@H]32)C1. The third-order valence-corrected chi connectivity index (χ3v) is 10.0. The molecule has 1 heterocycles. The van der Waals surface area contributed by atoms with Crippen LogP contribution >= 0.6 is 0 Å². The second kappa shape index (κ2) is 6.42. The lowest BCUT2D eigenvalue weighted by Crippen LogP contribution is -2.55. The van der Waals surface area contributed by atoms with Gasteiger partial charge in [0.1, 0.15) is 0 Å². The Hall–Kier alpha value is -1.15. The molecular formula is C26H37NO. The zero-order valence-electron chi connectivity index (χ0n) is 18.0. The topological polar surface area (TPSA) is 33.1 Å². The highest BCUT2D eigenvalue weighted by Crippen LogP contribution is 2.68. The summed E-state index contributed by atoms with van der Waals surface area (Å²) in [6.07, 6.45) is 17.4. The van der Waals surface area contributed by atoms with Crippen LogP contribution in [0.2, 0.25) is 0 Å². The van der Waals surface area contributed by atoms with E-state index in [1.807, 2.05) is 6.20 Å². The highest BCUT2D eigenvalue weighted by Gasteiger charge is 2.59. The Bertz CT molecular complexity index is 772. The Labute approximate surface area is 170 Å². The molecule has 0 saturated heterocycles. The van der Waals surface area contributed by atoms with Gasteiger partial charge in [0.2, 0.25) is 0 Å². The molecule has 0 spiro atoms. The molecule has 0 bridgehead atoms. The van der Waals surface area contributed by atoms with Gasteiger partial charge in [-0.25, -0.2) is 0 Å². The van der Waals surface area contributed by atoms with E-state index in [-0.39, 0.29) is 5.60 Å². The summed E-state index contributed by atoms with van der Waals surface area (Å²) in [5, 5.41) is 11.0. The van der Waals surface area contributed by atoms with Crippen molar-refractivity contribution in [1.29, 1.82) is 0 Å². The largest absolute Gasteiger partial charge is 0.390 e. The second-order valence-electron chi connectivity index (χ2n) is 11.0. The molecule has 0 aliphatic heterocycles. The van der Waals surface area contributed by atoms with Crippen molar-refractivity contribution in [3.05, 3.63) is 36.2 Å². The smallest absolute Gasteiger partial charge is 0.0648 e. The van der Waals surface area contributed by atoms with E-state index >= 15 is 0 Å². The molecule has 2 heteroatoms. The number of pyridine rings is 1. The molecule has 28 heavy (non-hydrogen) atoms. The molecule has 2 nitrogen and oxygen atoms in total. The number of aliphatic hydroxyl groups is 1. The number of fused-ring (bicyclic) bond motifs is 5. The van der Waals surface area contributed by atoms with Crippen molar-refractivity contribution in [3.63, 3.8) is 0 Å². The Morgan fingerprint density at radius 3 is 2.71 bits per heavy atom. The fraction of sp³-hybridized carbons (Fsp3) is 0.731. The van der Waals surface area contributed by atoms with Gasteiger partial charge in [0, 0.05) is 12.4 Å². The molecule has 4 aliphatic carbocycles. The summed E-state index contributed by atoms with van der Waals surface area (Å²) < 4.78 is 0. The van der Waals surface area contributed by atoms with Crippen LogP contribution in [-0.2, 0) is 0 Å². The lowest BCUT2D eigenvalue weighted by atomic mass is 9.43. The van der Waals surface area contributed by atoms with Gasteiger partial charge in [-0.05, 0) is 109 Å². The predicted octanol–water partition coefficient (Wildman–Crippen LogP) is 6.26. The van der Waals surface area contributed by atoms with Crippen LogP contribution in [0.3, 0.4) is 0 Å². The zero-order chi connectivity index (χ0) is 19.6. The number of allylic oxidation sites excluding steroid dienone is 2. The van der Waals surface area contributed by atoms with Crippen LogP contribution in [0.1, 0.15) is 84.1 Å². The van der Waals surface area contributed by atoms with Gasteiger partial charge >= 0.3 is 0 Å². The first kappa shape index (κ1) is 18.9. The maximum atomic E-state index is 11.0. The predicted molar refractivity (Wildman–Crippen MR) is 115 cm³/mol. The summed E-state index contributed by atoms with van der Waals surface area (Å²) in [7, 11) is 0. The standard InChI is InChI=1S/C26H37NO/c1-4-26(28)14-13-24(2)19(16-26)7-8-20-22-10-9-21(18-6-5-15-27-17-18)25(22,3)12-11-23(20)24/h5-6,9,15,17,19-20,22-23,28H,4,7-8,10-14,16H2,1-3H3/t19?,20-,22-,23-,24-,25+,26-/m0/s1. The van der Waals surface area contributed by atoms with E-state index in [1.54, 1.807) is 5.57 Å². The monoisotopic (exact) mass is 379 g/mol. The third kappa shape index (κ3) is 2.59. The minimum Gasteiger partial charge on any atom is -0.390 e. The molecule has 1 N–H and O–H groups in total. The number of rotatable bonds is 2. The Morgan fingerprint density at radius 1 is 1.11 bits per heavy atom. The van der Waals surface area contributed by atoms with Crippen molar-refractivity contribution < 1.29 is 5.11 Å². The Kier molecular flexibility index (Phi) is 4.32. The van der Waals surface area contributed by atoms with Crippen LogP contribution in [-0.4, -0.2) is 15.7 Å². The van der Waals surface area contributed by atoms with Gasteiger partial charge in [-0.2, -0.15) is 0 Å². The number of hydrogen-bond donors (Lipinski definition) is 1. The van der Waals surface area contributed by atoms with E-state index in [4.69, 9.17) is 0 Å². The van der Waals surface area contributed by atoms with E-state index in [0.29, 0.717) is 10.8 Å². The van der Waals surface area contributed by atoms with Crippen molar-refractivity contribution in [2.75, 3.05) is 0 Å². The summed E-state index contributed by atoms with van der Waals surface area (Å²) in [6, 6.07) is 4.34. The molecule has 152 valence electrons. The van der Waals surface area contributed by atoms with Crippen molar-refractivity contribution >= 4 is 5.57 Å². The molecular weight excluding hydrogens is 342 g/mol. The van der Waals surface area contributed by atoms with Crippen LogP contribution < -0.4 is 0 Å². The molecule has 0 aromatic carbocycles. The average molecular weight is 380 g/mol. The van der Waals surface area contributed by atoms with Crippen LogP contribution in [0.5, 0.6) is 0 Å². The van der Waals surface area contributed by atoms with Crippen molar-refractivity contribution in [2.45, 2.75) is 84.2 Å². The molecule has 1 unspecified atom stereocenters. The van der Waals surface area contributed by atoms with Gasteiger partial charge in [0.15, 0.2) is 0 Å². The highest BCUT2D eigenvalue weighted by molar-refractivity contribution is 5.72. The van der Waals surface area contributed by atoms with Crippen LogP contribution in [0.15, 0.2) is 30.6 Å². The van der Waals surface area contributed by atoms with E-state index < -0.39 is 0 Å². The first-order valence-corrected chi connectivity index (χ1v) is 11.7. The van der Waals surface area contributed by atoms with Crippen molar-refractivity contribution in [1.82, 2.24) is 4.98 Å². The van der Waals surface area contributed by atoms with Gasteiger partial charge in [0.25, 0.3) is 0 Å². The van der Waals surface area contributed by atoms with Crippen LogP contribution in [0.25, 0.3) is 5.57 Å². The molecule has 7 atom stereocenters. The molecule has 0 amide bonds. The summed E-state index contributed by atoms with van der Waals surface area (Å²) in [5.74, 6) is 3.24. The Balaban J connectivity index is 1.42. The molecule has 1 aromatic heterocycles. The van der Waals surface area contributed by atoms with Gasteiger partial charge in [-0.1, -0.05) is 32.9 Å². The minimum atomic E-state index is -0.386. The fourth-order valence-corrected chi connectivity index (χ4v) is 8.18. The normalized spacial score (nSPS) is 47.6. The maximum Gasteiger partial charge on any atom is 0.0648 e. The summed E-state index contributed by atoms with van der Waals surface area (Å²) in [6.45, 7) is 7.31. The lowest BCUT2D eigenvalue weighted by Gasteiger charge is -2.62. The summed E-state index contributed by atoms with van der Waals surface area (Å²) >= 11 is 0. The first-order valence-electron chi connectivity index (χ1n) is 11.7. The van der Waals surface area contributed by atoms with E-state index in [1.165, 1.54) is 44.1 Å². The van der Waals surface area contributed by atoms with Gasteiger partial charge in [-0.15, -0.1) is 0 Å². The van der Waals surface area contributed by atoms with Gasteiger partial charge < -0.3 is 5.11 Å². The van der Waals surface area contributed by atoms with Crippen molar-refractivity contribution in [3.8, 4) is 0 Å². The summed E-state index contributed by atoms with van der Waals surface area (Å²) in [5.41, 5.74) is 3.30. The Morgan fingerprint density at radius 2 is 1.96 bits per heavy atom. The average Bonchev–Trinajstić information content (AvgIpc) is 3.06. The number of nitrogens with zero attached hydrogens (tertiary/aromatic N) is 1. The van der Waals surface area contributed by atoms with Crippen molar-refractivity contribution in [2.24, 2.45) is 34.5 Å². The van der Waals surface area contributed by atoms with Crippen LogP contribution in [0, 0.1) is 34.5 Å². The highest BCUT2D eigenvalue weighted by atomic mass is 16.3. The molecule has 3 fully saturated rings. The molecule has 4 aliphatic rings. The maximum absolute atomic E-state index is 11.0. The fourth-order valence-electron chi connectivity index (χ4n) is 8.18. The molecule has 0 radical (unpaired) electrons. The molecule has 3 saturated carbocycles. The van der Waals surface area contributed by atoms with Gasteiger partial charge in [-0.3, -0.25) is 4.98 Å². The first-order chi connectivity index (χ1) is 13.4. The minimum absolute atomic E-state index is 0.326. The third-order valence-electron chi connectivity index (χ3n) is 10.0. The molecule has 5 rings (SSSR count). The van der Waals surface area contributed by atoms with E-state index in [2.05, 4.69) is 50.2 Å². The second-order valence-corrected chi connectivity index (χ2v) is 11.0. The van der Waals surface area contributed by atoms with E-state index in [9.17, 15) is 5.11 Å². The number of aromatic nitrogens is 1. The lowest BCUT2D eigenvalue weighted by molar-refractivity contribution is -0.144. The zero-order valence-corrected chi connectivity index (χ0v) is 18.0. The van der Waals surface area contributed by atoms with Crippen LogP contribution in [0.4, 0.5) is 0 Å².